The van der Waals surface area contributed by atoms with Gasteiger partial charge in [0, 0.05) is 42.8 Å². The van der Waals surface area contributed by atoms with E-state index in [1.54, 1.807) is 0 Å². The molecule has 42 valence electrons. The Balaban J connectivity index is 0. The summed E-state index contributed by atoms with van der Waals surface area (Å²) < 4.78 is 0. The van der Waals surface area contributed by atoms with Crippen LogP contribution in [-0.4, -0.2) is 21.9 Å². The summed E-state index contributed by atoms with van der Waals surface area (Å²) in [5.74, 6) is 0. The Labute approximate surface area is 64.7 Å². The van der Waals surface area contributed by atoms with Gasteiger partial charge in [0.15, 0.2) is 0 Å². The van der Waals surface area contributed by atoms with Gasteiger partial charge in [0.05, 0.1) is 0 Å². The van der Waals surface area contributed by atoms with Gasteiger partial charge in [0.2, 0.25) is 0 Å². The Kier molecular flexibility index (Phi) is 3390. The molecule has 0 aliphatic carbocycles. The molecule has 0 heterocycles. The van der Waals surface area contributed by atoms with Gasteiger partial charge in [-0.2, -0.15) is 0 Å². The van der Waals surface area contributed by atoms with Gasteiger partial charge in [0.25, 0.3) is 0 Å². The first-order valence-electron chi connectivity index (χ1n) is 0. The van der Waals surface area contributed by atoms with Gasteiger partial charge in [-0.05, 0) is 0 Å². The van der Waals surface area contributed by atoms with E-state index in [1.807, 2.05) is 0 Å². The van der Waals surface area contributed by atoms with Gasteiger partial charge in [0.1, 0.15) is 0 Å². The van der Waals surface area contributed by atoms with Crippen LogP contribution in [0.2, 0.25) is 0 Å². The molecule has 0 spiro atoms. The van der Waals surface area contributed by atoms with Crippen molar-refractivity contribution in [3.05, 3.63) is 0 Å². The molecule has 0 saturated carbocycles. The molecule has 0 aliphatic heterocycles. The monoisotopic (exact) mass is 304 g/mol. The van der Waals surface area contributed by atoms with Gasteiger partial charge in [-0.15, -0.1) is 0 Å². The summed E-state index contributed by atoms with van der Waals surface area (Å²) in [6.45, 7) is 0. The second kappa shape index (κ2) is 111. The van der Waals surface area contributed by atoms with Crippen LogP contribution in [0, 0.1) is 0 Å². The van der Waals surface area contributed by atoms with E-state index in [0.29, 0.717) is 0 Å². The fraction of sp³-hybridized carbons (Fsp3) is 0. The molecule has 8 N–H and O–H groups in total. The van der Waals surface area contributed by atoms with Crippen LogP contribution in [0.1, 0.15) is 0 Å². The zero-order chi connectivity index (χ0) is 0. The molecule has 0 aromatic rings. The molecule has 0 bridgehead atoms. The minimum absolute atomic E-state index is 0. The molecule has 0 amide bonds. The van der Waals surface area contributed by atoms with Crippen molar-refractivity contribution in [3.8, 4) is 0 Å². The van der Waals surface area contributed by atoms with Gasteiger partial charge in [-0.1, -0.05) is 0 Å². The Morgan fingerprint density at radius 1 is 0.500 bits per heavy atom. The van der Waals surface area contributed by atoms with Gasteiger partial charge < -0.3 is 21.9 Å². The molecular formula is H8O4TiW. The Morgan fingerprint density at radius 3 is 0.500 bits per heavy atom. The molecule has 4 nitrogen and oxygen atoms in total. The SMILES string of the molecule is O.O.O.O.[Ti].[W]. The molecule has 0 atom stereocenters. The van der Waals surface area contributed by atoms with E-state index in [-0.39, 0.29) is 64.7 Å². The van der Waals surface area contributed by atoms with E-state index in [9.17, 15) is 0 Å². The van der Waals surface area contributed by atoms with Crippen molar-refractivity contribution in [3.63, 3.8) is 0 Å². The summed E-state index contributed by atoms with van der Waals surface area (Å²) in [6.07, 6.45) is 0. The molecular weight excluding hydrogens is 296 g/mol. The van der Waals surface area contributed by atoms with Gasteiger partial charge in [-0.3, -0.25) is 0 Å². The average molecular weight is 304 g/mol. The minimum atomic E-state index is 0. The number of hydrogen-bond donors (Lipinski definition) is 0. The third-order valence-corrected chi connectivity index (χ3v) is 0. The second-order valence-electron chi connectivity index (χ2n) is 0. The average Bonchev–Trinajstić information content (AvgIpc) is 0. The van der Waals surface area contributed by atoms with Crippen molar-refractivity contribution in [2.45, 2.75) is 0 Å². The first-order valence-corrected chi connectivity index (χ1v) is 0. The van der Waals surface area contributed by atoms with Crippen LogP contribution in [0.4, 0.5) is 0 Å². The molecule has 6 heteroatoms. The van der Waals surface area contributed by atoms with Crippen molar-refractivity contribution in [1.82, 2.24) is 0 Å². The maximum absolute atomic E-state index is 0. The van der Waals surface area contributed by atoms with Crippen LogP contribution in [0.3, 0.4) is 0 Å². The van der Waals surface area contributed by atoms with E-state index < -0.39 is 0 Å². The Morgan fingerprint density at radius 2 is 0.500 bits per heavy atom. The largest absolute Gasteiger partial charge is 0.412 e. The minimum Gasteiger partial charge on any atom is -0.412 e. The predicted molar refractivity (Wildman–Crippen MR) is 14.5 cm³/mol. The van der Waals surface area contributed by atoms with Crippen LogP contribution in [0.5, 0.6) is 0 Å². The normalized spacial score (nSPS) is 0. The Hall–Kier alpha value is 1.24. The quantitative estimate of drug-likeness (QED) is 0.416. The first kappa shape index (κ1) is 183. The fourth-order valence-corrected chi connectivity index (χ4v) is 0. The third kappa shape index (κ3) is 61.1. The maximum Gasteiger partial charge on any atom is 0 e. The maximum atomic E-state index is 0. The first-order chi connectivity index (χ1) is 0. The van der Waals surface area contributed by atoms with Crippen LogP contribution in [-0.2, 0) is 42.8 Å². The Bertz CT molecular complexity index is 7.51. The number of hydrogen-bond acceptors (Lipinski definition) is 0. The topological polar surface area (TPSA) is 126 Å². The standard InChI is InChI=1S/4H2O.Ti.W/h4*1H2;;. The van der Waals surface area contributed by atoms with Crippen molar-refractivity contribution >= 4 is 0 Å². The van der Waals surface area contributed by atoms with Crippen LogP contribution in [0.25, 0.3) is 0 Å². The molecule has 0 aromatic carbocycles. The van der Waals surface area contributed by atoms with Gasteiger partial charge >= 0.3 is 0 Å². The van der Waals surface area contributed by atoms with Crippen molar-refractivity contribution in [2.24, 2.45) is 0 Å². The summed E-state index contributed by atoms with van der Waals surface area (Å²) in [4.78, 5) is 0. The molecule has 6 heavy (non-hydrogen) atoms. The van der Waals surface area contributed by atoms with E-state index >= 15 is 0 Å². The van der Waals surface area contributed by atoms with Crippen LogP contribution >= 0.6 is 0 Å². The van der Waals surface area contributed by atoms with Crippen LogP contribution in [0.15, 0.2) is 0 Å². The predicted octanol–water partition coefficient (Wildman–Crippen LogP) is -3.30. The second-order valence-corrected chi connectivity index (χ2v) is 0. The summed E-state index contributed by atoms with van der Waals surface area (Å²) in [7, 11) is 0. The molecule has 0 unspecified atom stereocenters. The summed E-state index contributed by atoms with van der Waals surface area (Å²) in [6, 6.07) is 0. The zero-order valence-corrected chi connectivity index (χ0v) is 7.40. The molecule has 0 saturated heterocycles. The van der Waals surface area contributed by atoms with E-state index in [2.05, 4.69) is 0 Å². The van der Waals surface area contributed by atoms with E-state index in [4.69, 9.17) is 0 Å². The molecule has 0 aliphatic rings. The van der Waals surface area contributed by atoms with Crippen molar-refractivity contribution < 1.29 is 64.7 Å². The summed E-state index contributed by atoms with van der Waals surface area (Å²) >= 11 is 0. The fourth-order valence-electron chi connectivity index (χ4n) is 0. The number of rotatable bonds is 0. The van der Waals surface area contributed by atoms with Crippen LogP contribution < -0.4 is 0 Å². The third-order valence-electron chi connectivity index (χ3n) is 0. The summed E-state index contributed by atoms with van der Waals surface area (Å²) in [5.41, 5.74) is 0. The molecule has 0 radical (unpaired) electrons. The molecule has 0 fully saturated rings. The van der Waals surface area contributed by atoms with E-state index in [0.717, 1.165) is 0 Å². The van der Waals surface area contributed by atoms with E-state index in [1.165, 1.54) is 0 Å². The molecule has 0 aromatic heterocycles. The summed E-state index contributed by atoms with van der Waals surface area (Å²) in [5, 5.41) is 0. The molecule has 0 rings (SSSR count). The van der Waals surface area contributed by atoms with Gasteiger partial charge in [-0.25, -0.2) is 0 Å². The van der Waals surface area contributed by atoms with Crippen molar-refractivity contribution in [2.75, 3.05) is 0 Å². The smallest absolute Gasteiger partial charge is 0 e. The zero-order valence-electron chi connectivity index (χ0n) is 2.91. The van der Waals surface area contributed by atoms with Crippen molar-refractivity contribution in [1.29, 1.82) is 0 Å².